The molecular weight excluding hydrogens is 562 g/mol. The lowest BCUT2D eigenvalue weighted by molar-refractivity contribution is -0.140. The number of thiocarbonyl (C=S) groups is 1. The van der Waals surface area contributed by atoms with E-state index in [0.717, 1.165) is 17.8 Å². The Labute approximate surface area is 231 Å². The van der Waals surface area contributed by atoms with E-state index < -0.39 is 34.9 Å². The van der Waals surface area contributed by atoms with Gasteiger partial charge in [0.25, 0.3) is 0 Å². The number of rotatable bonds is 4. The molecule has 0 radical (unpaired) electrons. The number of nitrogens with two attached hydrogens (primary N) is 1. The molecule has 2 aliphatic heterocycles. The number of nitrogen functional groups attached to an aromatic ring is 1. The fourth-order valence-electron chi connectivity index (χ4n) is 4.87. The van der Waals surface area contributed by atoms with Crippen LogP contribution in [0.15, 0.2) is 12.1 Å². The number of aryl methyl sites for hydroxylation is 1. The second kappa shape index (κ2) is 10.4. The Kier molecular flexibility index (Phi) is 7.29. The molecule has 3 aromatic rings. The van der Waals surface area contributed by atoms with E-state index >= 15 is 0 Å². The summed E-state index contributed by atoms with van der Waals surface area (Å²) in [5.74, 6) is -0.673. The maximum atomic E-state index is 15.0. The van der Waals surface area contributed by atoms with Crippen molar-refractivity contribution in [1.82, 2.24) is 25.1 Å². The van der Waals surface area contributed by atoms with E-state index in [2.05, 4.69) is 20.4 Å². The van der Waals surface area contributed by atoms with E-state index in [1.807, 2.05) is 4.90 Å². The quantitative estimate of drug-likeness (QED) is 0.265. The molecule has 0 fully saturated rings. The SMILES string of the molecule is CNC(=S)c1nn2c(c1Cl)CN(c1nc(OC)nc3c1COC(c1c(C(F)(F)F)ccc(N)c1F)C3)CCC2. The maximum Gasteiger partial charge on any atom is 0.416 e. The number of benzene rings is 1. The van der Waals surface area contributed by atoms with E-state index in [1.165, 1.54) is 7.11 Å². The summed E-state index contributed by atoms with van der Waals surface area (Å²) in [6.07, 6.45) is -5.51. The average molecular weight is 586 g/mol. The second-order valence-corrected chi connectivity index (χ2v) is 9.86. The first kappa shape index (κ1) is 27.3. The first-order valence-electron chi connectivity index (χ1n) is 12.0. The van der Waals surface area contributed by atoms with Crippen molar-refractivity contribution in [2.45, 2.75) is 44.8 Å². The van der Waals surface area contributed by atoms with Gasteiger partial charge in [-0.05, 0) is 18.6 Å². The molecule has 0 bridgehead atoms. The number of methoxy groups -OCH3 is 1. The van der Waals surface area contributed by atoms with Gasteiger partial charge < -0.3 is 25.4 Å². The minimum Gasteiger partial charge on any atom is -0.467 e. The van der Waals surface area contributed by atoms with Gasteiger partial charge in [-0.1, -0.05) is 23.8 Å². The number of halogens is 5. The maximum absolute atomic E-state index is 15.0. The minimum atomic E-state index is -4.80. The molecule has 3 N–H and O–H groups in total. The molecule has 0 saturated heterocycles. The van der Waals surface area contributed by atoms with Crippen LogP contribution in [0.1, 0.15) is 46.3 Å². The van der Waals surface area contributed by atoms with Crippen LogP contribution in [0, 0.1) is 5.82 Å². The Morgan fingerprint density at radius 3 is 2.74 bits per heavy atom. The topological polar surface area (TPSA) is 103 Å². The van der Waals surface area contributed by atoms with E-state index in [9.17, 15) is 17.6 Å². The highest BCUT2D eigenvalue weighted by Gasteiger charge is 2.40. The zero-order valence-electron chi connectivity index (χ0n) is 20.9. The molecule has 5 rings (SSSR count). The van der Waals surface area contributed by atoms with Crippen molar-refractivity contribution in [3.05, 3.63) is 56.7 Å². The smallest absolute Gasteiger partial charge is 0.416 e. The molecule has 1 aromatic carbocycles. The summed E-state index contributed by atoms with van der Waals surface area (Å²) in [7, 11) is 3.08. The Morgan fingerprint density at radius 2 is 2.05 bits per heavy atom. The van der Waals surface area contributed by atoms with Crippen molar-refractivity contribution in [2.24, 2.45) is 0 Å². The highest BCUT2D eigenvalue weighted by atomic mass is 35.5. The van der Waals surface area contributed by atoms with Crippen molar-refractivity contribution in [3.8, 4) is 6.01 Å². The molecule has 4 heterocycles. The van der Waals surface area contributed by atoms with Gasteiger partial charge in [0.05, 0.1) is 54.0 Å². The number of fused-ring (bicyclic) bond motifs is 2. The lowest BCUT2D eigenvalue weighted by Crippen LogP contribution is -2.29. The van der Waals surface area contributed by atoms with Gasteiger partial charge in [-0.15, -0.1) is 0 Å². The summed E-state index contributed by atoms with van der Waals surface area (Å²) in [6, 6.07) is 1.68. The highest BCUT2D eigenvalue weighted by Crippen LogP contribution is 2.43. The Balaban J connectivity index is 1.53. The number of nitrogens with zero attached hydrogens (tertiary/aromatic N) is 5. The number of hydrogen-bond donors (Lipinski definition) is 2. The number of aromatic nitrogens is 4. The predicted molar refractivity (Wildman–Crippen MR) is 139 cm³/mol. The van der Waals surface area contributed by atoms with E-state index in [4.69, 9.17) is 39.0 Å². The lowest BCUT2D eigenvalue weighted by atomic mass is 9.94. The summed E-state index contributed by atoms with van der Waals surface area (Å²) >= 11 is 12.0. The summed E-state index contributed by atoms with van der Waals surface area (Å²) in [5, 5.41) is 7.86. The zero-order valence-corrected chi connectivity index (χ0v) is 22.5. The largest absolute Gasteiger partial charge is 0.467 e. The monoisotopic (exact) mass is 585 g/mol. The fraction of sp³-hybridized carbons (Fsp3) is 0.417. The molecule has 39 heavy (non-hydrogen) atoms. The number of ether oxygens (including phenoxy) is 2. The number of anilines is 2. The average Bonchev–Trinajstić information content (AvgIpc) is 3.07. The van der Waals surface area contributed by atoms with Crippen molar-refractivity contribution in [2.75, 3.05) is 31.3 Å². The summed E-state index contributed by atoms with van der Waals surface area (Å²) < 4.78 is 69.2. The molecule has 1 unspecified atom stereocenters. The van der Waals surface area contributed by atoms with Gasteiger partial charge in [0.2, 0.25) is 0 Å². The van der Waals surface area contributed by atoms with Crippen LogP contribution in [-0.4, -0.2) is 45.4 Å². The molecule has 9 nitrogen and oxygen atoms in total. The van der Waals surface area contributed by atoms with Gasteiger partial charge in [-0.3, -0.25) is 4.68 Å². The summed E-state index contributed by atoms with van der Waals surface area (Å²) in [4.78, 5) is 11.3. The molecule has 0 amide bonds. The highest BCUT2D eigenvalue weighted by molar-refractivity contribution is 7.80. The second-order valence-electron chi connectivity index (χ2n) is 9.08. The van der Waals surface area contributed by atoms with Crippen molar-refractivity contribution >= 4 is 40.3 Å². The normalized spacial score (nSPS) is 17.3. The molecule has 2 aliphatic rings. The summed E-state index contributed by atoms with van der Waals surface area (Å²) in [6.45, 7) is 1.35. The molecule has 208 valence electrons. The van der Waals surface area contributed by atoms with E-state index in [1.54, 1.807) is 11.7 Å². The van der Waals surface area contributed by atoms with Gasteiger partial charge in [0.1, 0.15) is 16.5 Å². The molecule has 0 aliphatic carbocycles. The molecule has 2 aromatic heterocycles. The molecule has 15 heteroatoms. The number of nitrogens with one attached hydrogen (secondary N) is 1. The van der Waals surface area contributed by atoms with Gasteiger partial charge in [0, 0.05) is 37.7 Å². The molecular formula is C24H24ClF4N7O2S. The molecule has 0 spiro atoms. The lowest BCUT2D eigenvalue weighted by Gasteiger charge is -2.31. The van der Waals surface area contributed by atoms with Crippen molar-refractivity contribution in [3.63, 3.8) is 0 Å². The first-order chi connectivity index (χ1) is 18.5. The van der Waals surface area contributed by atoms with Crippen LogP contribution >= 0.6 is 23.8 Å². The summed E-state index contributed by atoms with van der Waals surface area (Å²) in [5.41, 5.74) is 5.60. The van der Waals surface area contributed by atoms with Crippen LogP contribution in [0.25, 0.3) is 0 Å². The van der Waals surface area contributed by atoms with Crippen LogP contribution in [0.4, 0.5) is 29.1 Å². The van der Waals surface area contributed by atoms with Crippen molar-refractivity contribution in [1.29, 1.82) is 0 Å². The zero-order chi connectivity index (χ0) is 28.1. The van der Waals surface area contributed by atoms with Gasteiger partial charge in [0.15, 0.2) is 5.82 Å². The molecule has 0 saturated carbocycles. The third-order valence-corrected chi connectivity index (χ3v) is 7.55. The van der Waals surface area contributed by atoms with Crippen LogP contribution in [0.3, 0.4) is 0 Å². The van der Waals surface area contributed by atoms with Gasteiger partial charge in [-0.2, -0.15) is 28.2 Å². The third kappa shape index (κ3) is 4.96. The molecule has 1 atom stereocenters. The van der Waals surface area contributed by atoms with Crippen molar-refractivity contribution < 1.29 is 27.0 Å². The Hall–Kier alpha value is -3.23. The van der Waals surface area contributed by atoms with Crippen LogP contribution in [0.5, 0.6) is 6.01 Å². The van der Waals surface area contributed by atoms with Gasteiger partial charge >= 0.3 is 12.2 Å². The van der Waals surface area contributed by atoms with Crippen LogP contribution < -0.4 is 20.7 Å². The standard InChI is InChI=1S/C24H24ClF4N7O2S/c1-31-22(39)20-18(25)15-9-35(6-3-7-36(15)34-20)21-11-10-38-16(8-14(11)32-23(33-21)37-2)17-12(24(27,28)29)4-5-13(30)19(17)26/h4-5,16H,3,6-10,30H2,1-2H3,(H,31,39). The van der Waals surface area contributed by atoms with Crippen LogP contribution in [0.2, 0.25) is 5.02 Å². The Bertz CT molecular complexity index is 1450. The Morgan fingerprint density at radius 1 is 1.28 bits per heavy atom. The number of hydrogen-bond acceptors (Lipinski definition) is 8. The minimum absolute atomic E-state index is 0.0226. The van der Waals surface area contributed by atoms with E-state index in [-0.39, 0.29) is 19.0 Å². The van der Waals surface area contributed by atoms with Gasteiger partial charge in [-0.25, -0.2) is 4.39 Å². The fourth-order valence-corrected chi connectivity index (χ4v) is 5.36. The van der Waals surface area contributed by atoms with E-state index in [0.29, 0.717) is 58.8 Å². The third-order valence-electron chi connectivity index (χ3n) is 6.75. The predicted octanol–water partition coefficient (Wildman–Crippen LogP) is 4.19. The first-order valence-corrected chi connectivity index (χ1v) is 12.7. The number of alkyl halides is 3. The van der Waals surface area contributed by atoms with Crippen LogP contribution in [-0.2, 0) is 37.0 Å².